The Kier molecular flexibility index (Phi) is 4.95. The molecule has 7 nitrogen and oxygen atoms in total. The van der Waals surface area contributed by atoms with Crippen LogP contribution < -0.4 is 5.32 Å². The highest BCUT2D eigenvalue weighted by molar-refractivity contribution is 7.90. The third kappa shape index (κ3) is 3.79. The van der Waals surface area contributed by atoms with E-state index in [2.05, 4.69) is 12.2 Å². The molecule has 3 aromatic rings. The first-order valence-electron chi connectivity index (χ1n) is 9.08. The number of thiophene rings is 1. The van der Waals surface area contributed by atoms with Gasteiger partial charge in [-0.15, -0.1) is 11.3 Å². The summed E-state index contributed by atoms with van der Waals surface area (Å²) in [5.74, 6) is -0.328. The van der Waals surface area contributed by atoms with Gasteiger partial charge >= 0.3 is 0 Å². The van der Waals surface area contributed by atoms with E-state index in [4.69, 9.17) is 8.83 Å². The van der Waals surface area contributed by atoms with Gasteiger partial charge in [-0.3, -0.25) is 9.59 Å². The Morgan fingerprint density at radius 3 is 2.66 bits per heavy atom. The summed E-state index contributed by atoms with van der Waals surface area (Å²) in [4.78, 5) is 26.8. The van der Waals surface area contributed by atoms with Crippen LogP contribution in [0.4, 0.5) is 5.00 Å². The van der Waals surface area contributed by atoms with Crippen molar-refractivity contribution in [1.29, 1.82) is 0 Å². The number of hydrogen-bond acceptors (Lipinski definition) is 7. The number of nitrogens with one attached hydrogen (secondary N) is 1. The van der Waals surface area contributed by atoms with Crippen molar-refractivity contribution < 1.29 is 26.8 Å². The Morgan fingerprint density at radius 1 is 1.21 bits per heavy atom. The van der Waals surface area contributed by atoms with Gasteiger partial charge in [0, 0.05) is 11.1 Å². The zero-order valence-electron chi connectivity index (χ0n) is 15.9. The van der Waals surface area contributed by atoms with Crippen LogP contribution in [-0.2, 0) is 22.7 Å². The molecule has 0 fully saturated rings. The molecule has 3 heterocycles. The van der Waals surface area contributed by atoms with Crippen LogP contribution in [-0.4, -0.2) is 26.4 Å². The van der Waals surface area contributed by atoms with Crippen LogP contribution in [0, 0.1) is 5.92 Å². The summed E-state index contributed by atoms with van der Waals surface area (Å²) in [7, 11) is -3.56. The van der Waals surface area contributed by atoms with Crippen molar-refractivity contribution in [3.8, 4) is 0 Å². The predicted octanol–water partition coefficient (Wildman–Crippen LogP) is 3.95. The Balaban J connectivity index is 1.70. The number of sulfone groups is 1. The van der Waals surface area contributed by atoms with Crippen LogP contribution in [0.1, 0.15) is 50.5 Å². The number of furan rings is 2. The molecule has 0 spiro atoms. The van der Waals surface area contributed by atoms with Crippen LogP contribution in [0.15, 0.2) is 44.5 Å². The Hall–Kier alpha value is -2.65. The topological polar surface area (TPSA) is 107 Å². The Bertz CT molecular complexity index is 1180. The Morgan fingerprint density at radius 2 is 2.00 bits per heavy atom. The molecular formula is C20H19NO6S2. The second-order valence-electron chi connectivity index (χ2n) is 7.21. The average molecular weight is 434 g/mol. The number of carbonyl (C=O) groups is 2. The molecule has 1 N–H and O–H groups in total. The highest BCUT2D eigenvalue weighted by atomic mass is 32.2. The lowest BCUT2D eigenvalue weighted by Gasteiger charge is -2.18. The molecule has 1 amide bonds. The normalized spacial score (nSPS) is 16.4. The molecular weight excluding hydrogens is 414 g/mol. The van der Waals surface area contributed by atoms with Gasteiger partial charge in [-0.25, -0.2) is 8.42 Å². The van der Waals surface area contributed by atoms with Gasteiger partial charge in [0.05, 0.1) is 11.8 Å². The molecule has 0 aromatic carbocycles. The summed E-state index contributed by atoms with van der Waals surface area (Å²) < 4.78 is 33.6. The van der Waals surface area contributed by atoms with Gasteiger partial charge in [0.15, 0.2) is 11.5 Å². The lowest BCUT2D eigenvalue weighted by molar-refractivity contribution is 0.0992. The lowest BCUT2D eigenvalue weighted by atomic mass is 9.87. The molecule has 0 saturated carbocycles. The summed E-state index contributed by atoms with van der Waals surface area (Å²) >= 11 is 1.37. The van der Waals surface area contributed by atoms with E-state index < -0.39 is 15.7 Å². The van der Waals surface area contributed by atoms with Gasteiger partial charge in [0.1, 0.15) is 5.00 Å². The number of carbonyl (C=O) groups excluding carboxylic acids is 2. The SMILES string of the molecule is CC1CCc2c(sc(NC(=O)c3ccc(S(C)(=O)=O)o3)c2C(=O)c2ccco2)C1. The molecule has 1 atom stereocenters. The molecule has 4 rings (SSSR count). The minimum Gasteiger partial charge on any atom is -0.461 e. The number of amides is 1. The fourth-order valence-corrected chi connectivity index (χ4v) is 5.38. The summed E-state index contributed by atoms with van der Waals surface area (Å²) in [6, 6.07) is 5.77. The van der Waals surface area contributed by atoms with E-state index >= 15 is 0 Å². The maximum atomic E-state index is 13.1. The van der Waals surface area contributed by atoms with Crippen LogP contribution in [0.25, 0.3) is 0 Å². The third-order valence-electron chi connectivity index (χ3n) is 4.88. The molecule has 0 bridgehead atoms. The van der Waals surface area contributed by atoms with E-state index in [-0.39, 0.29) is 22.4 Å². The second kappa shape index (κ2) is 7.31. The van der Waals surface area contributed by atoms with Gasteiger partial charge < -0.3 is 14.2 Å². The first kappa shape index (κ1) is 19.7. The highest BCUT2D eigenvalue weighted by Crippen LogP contribution is 2.41. The molecule has 1 aliphatic carbocycles. The van der Waals surface area contributed by atoms with Gasteiger partial charge in [0.25, 0.3) is 5.91 Å². The molecule has 0 aliphatic heterocycles. The van der Waals surface area contributed by atoms with E-state index in [1.807, 2.05) is 0 Å². The van der Waals surface area contributed by atoms with E-state index in [0.717, 1.165) is 36.0 Å². The second-order valence-corrected chi connectivity index (χ2v) is 10.3. The lowest BCUT2D eigenvalue weighted by Crippen LogP contribution is -2.15. The van der Waals surface area contributed by atoms with Crippen molar-refractivity contribution in [2.24, 2.45) is 5.92 Å². The largest absolute Gasteiger partial charge is 0.461 e. The number of anilines is 1. The van der Waals surface area contributed by atoms with Crippen molar-refractivity contribution in [2.45, 2.75) is 31.3 Å². The third-order valence-corrected chi connectivity index (χ3v) is 7.00. The Labute approximate surface area is 171 Å². The number of ketones is 1. The zero-order chi connectivity index (χ0) is 20.8. The summed E-state index contributed by atoms with van der Waals surface area (Å²) in [6.07, 6.45) is 4.99. The molecule has 0 radical (unpaired) electrons. The van der Waals surface area contributed by atoms with Crippen molar-refractivity contribution in [3.05, 3.63) is 58.1 Å². The molecule has 0 saturated heterocycles. The summed E-state index contributed by atoms with van der Waals surface area (Å²) in [5, 5.41) is 2.88. The van der Waals surface area contributed by atoms with E-state index in [1.54, 1.807) is 12.1 Å². The first-order valence-corrected chi connectivity index (χ1v) is 11.8. The maximum absolute atomic E-state index is 13.1. The molecule has 29 heavy (non-hydrogen) atoms. The van der Waals surface area contributed by atoms with Crippen molar-refractivity contribution in [2.75, 3.05) is 11.6 Å². The molecule has 9 heteroatoms. The minimum absolute atomic E-state index is 0.137. The molecule has 1 aliphatic rings. The summed E-state index contributed by atoms with van der Waals surface area (Å²) in [5.41, 5.74) is 1.39. The van der Waals surface area contributed by atoms with E-state index in [9.17, 15) is 18.0 Å². The maximum Gasteiger partial charge on any atom is 0.292 e. The fraction of sp³-hybridized carbons (Fsp3) is 0.300. The van der Waals surface area contributed by atoms with Crippen molar-refractivity contribution in [3.63, 3.8) is 0 Å². The van der Waals surface area contributed by atoms with E-state index in [0.29, 0.717) is 16.5 Å². The van der Waals surface area contributed by atoms with Crippen molar-refractivity contribution >= 4 is 37.9 Å². The zero-order valence-corrected chi connectivity index (χ0v) is 17.5. The van der Waals surface area contributed by atoms with Crippen LogP contribution in [0.2, 0.25) is 0 Å². The number of fused-ring (bicyclic) bond motifs is 1. The smallest absolute Gasteiger partial charge is 0.292 e. The monoisotopic (exact) mass is 433 g/mol. The van der Waals surface area contributed by atoms with Gasteiger partial charge in [-0.2, -0.15) is 0 Å². The number of rotatable bonds is 5. The van der Waals surface area contributed by atoms with Gasteiger partial charge in [-0.1, -0.05) is 6.92 Å². The van der Waals surface area contributed by atoms with Crippen LogP contribution in [0.3, 0.4) is 0 Å². The highest BCUT2D eigenvalue weighted by Gasteiger charge is 2.30. The molecule has 152 valence electrons. The molecule has 1 unspecified atom stereocenters. The van der Waals surface area contributed by atoms with E-state index in [1.165, 1.54) is 29.7 Å². The number of hydrogen-bond donors (Lipinski definition) is 1. The minimum atomic E-state index is -3.56. The predicted molar refractivity (Wildman–Crippen MR) is 107 cm³/mol. The fourth-order valence-electron chi connectivity index (χ4n) is 3.42. The van der Waals surface area contributed by atoms with Gasteiger partial charge in [0.2, 0.25) is 20.7 Å². The van der Waals surface area contributed by atoms with Crippen LogP contribution >= 0.6 is 11.3 Å². The quantitative estimate of drug-likeness (QED) is 0.611. The average Bonchev–Trinajstić information content (AvgIpc) is 3.39. The van der Waals surface area contributed by atoms with Crippen LogP contribution in [0.5, 0.6) is 0 Å². The summed E-state index contributed by atoms with van der Waals surface area (Å²) in [6.45, 7) is 2.16. The molecule has 3 aromatic heterocycles. The van der Waals surface area contributed by atoms with Crippen molar-refractivity contribution in [1.82, 2.24) is 0 Å². The first-order chi connectivity index (χ1) is 13.7. The van der Waals surface area contributed by atoms with Gasteiger partial charge in [-0.05, 0) is 55.0 Å². The standard InChI is InChI=1S/C20H19NO6S2/c1-11-5-6-12-15(10-11)28-20(17(12)18(22)13-4-3-9-26-13)21-19(23)14-7-8-16(27-14)29(2,24)25/h3-4,7-9,11H,5-6,10H2,1-2H3,(H,21,23).